The van der Waals surface area contributed by atoms with Crippen LogP contribution in [-0.2, 0) is 19.0 Å². The first-order valence-corrected chi connectivity index (χ1v) is 8.58. The number of hydrogen-bond donors (Lipinski definition) is 0. The molecular weight excluding hydrogens is 324 g/mol. The van der Waals surface area contributed by atoms with Crippen molar-refractivity contribution < 1.29 is 28.5 Å². The first-order valence-electron chi connectivity index (χ1n) is 8.58. The SMILES string of the molecule is CCOC(=O)/C=C/c1ccc(OCCOC)cc1OCC1CCCO1. The van der Waals surface area contributed by atoms with E-state index in [1.54, 1.807) is 20.1 Å². The second-order valence-electron chi connectivity index (χ2n) is 5.57. The van der Waals surface area contributed by atoms with E-state index in [0.717, 1.165) is 25.0 Å². The van der Waals surface area contributed by atoms with Crippen molar-refractivity contribution in [1.29, 1.82) is 0 Å². The monoisotopic (exact) mass is 350 g/mol. The Kier molecular flexibility index (Phi) is 8.28. The summed E-state index contributed by atoms with van der Waals surface area (Å²) in [7, 11) is 1.63. The molecule has 25 heavy (non-hydrogen) atoms. The quantitative estimate of drug-likeness (QED) is 0.367. The highest BCUT2D eigenvalue weighted by Gasteiger charge is 2.17. The van der Waals surface area contributed by atoms with E-state index < -0.39 is 0 Å². The summed E-state index contributed by atoms with van der Waals surface area (Å²) < 4.78 is 27.0. The van der Waals surface area contributed by atoms with Gasteiger partial charge < -0.3 is 23.7 Å². The molecule has 0 bridgehead atoms. The predicted octanol–water partition coefficient (Wildman–Crippen LogP) is 2.85. The number of ether oxygens (including phenoxy) is 5. The third-order valence-corrected chi connectivity index (χ3v) is 3.68. The second-order valence-corrected chi connectivity index (χ2v) is 5.57. The Labute approximate surface area is 148 Å². The van der Waals surface area contributed by atoms with Gasteiger partial charge in [0, 0.05) is 31.4 Å². The molecule has 1 aromatic rings. The Balaban J connectivity index is 2.06. The van der Waals surface area contributed by atoms with E-state index in [4.69, 9.17) is 23.7 Å². The van der Waals surface area contributed by atoms with Gasteiger partial charge in [0.05, 0.1) is 19.3 Å². The summed E-state index contributed by atoms with van der Waals surface area (Å²) in [6, 6.07) is 5.50. The molecule has 1 aliphatic heterocycles. The molecule has 0 aliphatic carbocycles. The van der Waals surface area contributed by atoms with Crippen LogP contribution in [-0.4, -0.2) is 52.2 Å². The summed E-state index contributed by atoms with van der Waals surface area (Å²) in [4.78, 5) is 11.5. The Bertz CT molecular complexity index is 563. The number of rotatable bonds is 10. The van der Waals surface area contributed by atoms with Gasteiger partial charge >= 0.3 is 5.97 Å². The van der Waals surface area contributed by atoms with Crippen molar-refractivity contribution in [3.63, 3.8) is 0 Å². The molecule has 138 valence electrons. The normalized spacial score (nSPS) is 17.0. The zero-order chi connectivity index (χ0) is 17.9. The van der Waals surface area contributed by atoms with Crippen molar-refractivity contribution in [1.82, 2.24) is 0 Å². The van der Waals surface area contributed by atoms with E-state index >= 15 is 0 Å². The fourth-order valence-corrected chi connectivity index (χ4v) is 2.42. The standard InChI is InChI=1S/C19H26O6/c1-3-22-19(20)9-7-15-6-8-16(24-12-11-21-2)13-18(15)25-14-17-5-4-10-23-17/h6-9,13,17H,3-5,10-12,14H2,1-2H3/b9-7+. The van der Waals surface area contributed by atoms with Gasteiger partial charge in [-0.3, -0.25) is 0 Å². The number of benzene rings is 1. The maximum atomic E-state index is 11.5. The second kappa shape index (κ2) is 10.7. The maximum Gasteiger partial charge on any atom is 0.330 e. The van der Waals surface area contributed by atoms with Gasteiger partial charge in [-0.1, -0.05) is 0 Å². The van der Waals surface area contributed by atoms with Crippen molar-refractivity contribution in [2.24, 2.45) is 0 Å². The van der Waals surface area contributed by atoms with Gasteiger partial charge in [0.15, 0.2) is 0 Å². The average molecular weight is 350 g/mol. The van der Waals surface area contributed by atoms with E-state index in [2.05, 4.69) is 0 Å². The molecule has 1 aliphatic rings. The van der Waals surface area contributed by atoms with E-state index in [-0.39, 0.29) is 12.1 Å². The zero-order valence-electron chi connectivity index (χ0n) is 14.9. The molecule has 1 unspecified atom stereocenters. The Morgan fingerprint density at radius 3 is 2.92 bits per heavy atom. The largest absolute Gasteiger partial charge is 0.491 e. The molecule has 1 heterocycles. The third-order valence-electron chi connectivity index (χ3n) is 3.68. The minimum Gasteiger partial charge on any atom is -0.491 e. The molecule has 6 heteroatoms. The molecule has 2 rings (SSSR count). The van der Waals surface area contributed by atoms with E-state index in [1.807, 2.05) is 18.2 Å². The molecule has 0 N–H and O–H groups in total. The lowest BCUT2D eigenvalue weighted by Gasteiger charge is -2.15. The minimum atomic E-state index is -0.381. The summed E-state index contributed by atoms with van der Waals surface area (Å²) in [6.07, 6.45) is 5.24. The van der Waals surface area contributed by atoms with Gasteiger partial charge in [-0.05, 0) is 38.0 Å². The Morgan fingerprint density at radius 1 is 1.32 bits per heavy atom. The highest BCUT2D eigenvalue weighted by atomic mass is 16.5. The van der Waals surface area contributed by atoms with Gasteiger partial charge in [0.1, 0.15) is 24.7 Å². The molecule has 0 aromatic heterocycles. The smallest absolute Gasteiger partial charge is 0.330 e. The average Bonchev–Trinajstić information content (AvgIpc) is 3.13. The molecule has 1 saturated heterocycles. The van der Waals surface area contributed by atoms with Crippen LogP contribution in [0.4, 0.5) is 0 Å². The minimum absolute atomic E-state index is 0.111. The molecule has 1 atom stereocenters. The number of hydrogen-bond acceptors (Lipinski definition) is 6. The van der Waals surface area contributed by atoms with Crippen molar-refractivity contribution in [2.75, 3.05) is 40.1 Å². The molecule has 0 saturated carbocycles. The van der Waals surface area contributed by atoms with Gasteiger partial charge in [0.2, 0.25) is 0 Å². The fourth-order valence-electron chi connectivity index (χ4n) is 2.42. The number of esters is 1. The predicted molar refractivity (Wildman–Crippen MR) is 93.9 cm³/mol. The summed E-state index contributed by atoms with van der Waals surface area (Å²) in [5.41, 5.74) is 0.783. The van der Waals surface area contributed by atoms with Crippen LogP contribution in [0.1, 0.15) is 25.3 Å². The number of carbonyl (C=O) groups is 1. The lowest BCUT2D eigenvalue weighted by atomic mass is 10.1. The van der Waals surface area contributed by atoms with Crippen molar-refractivity contribution >= 4 is 12.0 Å². The van der Waals surface area contributed by atoms with Crippen LogP contribution in [0.3, 0.4) is 0 Å². The van der Waals surface area contributed by atoms with E-state index in [0.29, 0.717) is 37.9 Å². The van der Waals surface area contributed by atoms with Gasteiger partial charge in [-0.15, -0.1) is 0 Å². The Hall–Kier alpha value is -2.05. The highest BCUT2D eigenvalue weighted by molar-refractivity contribution is 5.87. The molecule has 6 nitrogen and oxygen atoms in total. The van der Waals surface area contributed by atoms with Crippen LogP contribution >= 0.6 is 0 Å². The van der Waals surface area contributed by atoms with E-state index in [9.17, 15) is 4.79 Å². The van der Waals surface area contributed by atoms with Gasteiger partial charge in [0.25, 0.3) is 0 Å². The summed E-state index contributed by atoms with van der Waals surface area (Å²) >= 11 is 0. The van der Waals surface area contributed by atoms with Crippen LogP contribution in [0.25, 0.3) is 6.08 Å². The van der Waals surface area contributed by atoms with Crippen molar-refractivity contribution in [3.05, 3.63) is 29.8 Å². The molecule has 1 fully saturated rings. The van der Waals surface area contributed by atoms with Crippen molar-refractivity contribution in [2.45, 2.75) is 25.9 Å². The zero-order valence-corrected chi connectivity index (χ0v) is 14.9. The van der Waals surface area contributed by atoms with Crippen molar-refractivity contribution in [3.8, 4) is 11.5 Å². The van der Waals surface area contributed by atoms with Crippen LogP contribution < -0.4 is 9.47 Å². The van der Waals surface area contributed by atoms with Crippen LogP contribution in [0, 0.1) is 0 Å². The highest BCUT2D eigenvalue weighted by Crippen LogP contribution is 2.27. The lowest BCUT2D eigenvalue weighted by Crippen LogP contribution is -2.16. The molecule has 1 aromatic carbocycles. The van der Waals surface area contributed by atoms with E-state index in [1.165, 1.54) is 6.08 Å². The Morgan fingerprint density at radius 2 is 2.20 bits per heavy atom. The third kappa shape index (κ3) is 6.76. The maximum absolute atomic E-state index is 11.5. The summed E-state index contributed by atoms with van der Waals surface area (Å²) in [5, 5.41) is 0. The van der Waals surface area contributed by atoms with Gasteiger partial charge in [-0.25, -0.2) is 4.79 Å². The number of methoxy groups -OCH3 is 1. The topological polar surface area (TPSA) is 63.2 Å². The molecule has 0 radical (unpaired) electrons. The molecular formula is C19H26O6. The van der Waals surface area contributed by atoms with Gasteiger partial charge in [-0.2, -0.15) is 0 Å². The van der Waals surface area contributed by atoms with Crippen LogP contribution in [0.2, 0.25) is 0 Å². The lowest BCUT2D eigenvalue weighted by molar-refractivity contribution is -0.137. The first-order chi connectivity index (χ1) is 12.2. The summed E-state index contributed by atoms with van der Waals surface area (Å²) in [5.74, 6) is 0.951. The van der Waals surface area contributed by atoms with Crippen LogP contribution in [0.15, 0.2) is 24.3 Å². The number of carbonyl (C=O) groups excluding carboxylic acids is 1. The molecule has 0 amide bonds. The fraction of sp³-hybridized carbons (Fsp3) is 0.526. The summed E-state index contributed by atoms with van der Waals surface area (Å²) in [6.45, 7) is 4.34. The molecule has 0 spiro atoms. The van der Waals surface area contributed by atoms with Crippen LogP contribution in [0.5, 0.6) is 11.5 Å². The first kappa shape index (κ1) is 19.3.